The van der Waals surface area contributed by atoms with Gasteiger partial charge in [0.05, 0.1) is 6.04 Å². The van der Waals surface area contributed by atoms with Gasteiger partial charge in [0, 0.05) is 0 Å². The maximum Gasteiger partial charge on any atom is 0.207 e. The Balaban J connectivity index is 3.71. The van der Waals surface area contributed by atoms with Gasteiger partial charge in [-0.1, -0.05) is 13.3 Å². The van der Waals surface area contributed by atoms with Crippen molar-refractivity contribution in [2.45, 2.75) is 32.7 Å². The van der Waals surface area contributed by atoms with Gasteiger partial charge in [0.25, 0.3) is 0 Å². The van der Waals surface area contributed by atoms with Crippen molar-refractivity contribution in [3.8, 4) is 0 Å². The third-order valence-electron chi connectivity index (χ3n) is 1.34. The maximum atomic E-state index is 10.7. The molecule has 0 aliphatic rings. The minimum absolute atomic E-state index is 0.0222. The highest BCUT2D eigenvalue weighted by atomic mass is 16.1. The van der Waals surface area contributed by atoms with Crippen LogP contribution in [0.15, 0.2) is 0 Å². The summed E-state index contributed by atoms with van der Waals surface area (Å²) in [5.74, 6) is 0.0222. The third-order valence-corrected chi connectivity index (χ3v) is 1.34. The molecule has 1 unspecified atom stereocenters. The van der Waals surface area contributed by atoms with Crippen molar-refractivity contribution >= 4 is 12.2 Å². The van der Waals surface area contributed by atoms with Crippen LogP contribution in [0.5, 0.6) is 0 Å². The standard InChI is InChI=1S/C7H13NO2/c1-3-4-7(6(2)10)8-5-9/h5,7H,3-4H2,1-2H3,(H,8,9). The average molecular weight is 143 g/mol. The van der Waals surface area contributed by atoms with Crippen LogP contribution in [0.25, 0.3) is 0 Å². The van der Waals surface area contributed by atoms with Gasteiger partial charge in [0.1, 0.15) is 0 Å². The molecule has 0 aromatic heterocycles. The Morgan fingerprint density at radius 1 is 1.70 bits per heavy atom. The molecule has 0 bridgehead atoms. The van der Waals surface area contributed by atoms with Crippen molar-refractivity contribution in [3.05, 3.63) is 0 Å². The van der Waals surface area contributed by atoms with E-state index in [4.69, 9.17) is 0 Å². The Hall–Kier alpha value is -0.860. The summed E-state index contributed by atoms with van der Waals surface area (Å²) in [6, 6.07) is -0.275. The van der Waals surface area contributed by atoms with Crippen LogP contribution in [-0.4, -0.2) is 18.2 Å². The lowest BCUT2D eigenvalue weighted by Crippen LogP contribution is -2.33. The van der Waals surface area contributed by atoms with Gasteiger partial charge in [-0.25, -0.2) is 0 Å². The quantitative estimate of drug-likeness (QED) is 0.569. The maximum absolute atomic E-state index is 10.7. The Labute approximate surface area is 60.8 Å². The summed E-state index contributed by atoms with van der Waals surface area (Å²) in [5, 5.41) is 2.45. The van der Waals surface area contributed by atoms with Crippen molar-refractivity contribution in [2.75, 3.05) is 0 Å². The van der Waals surface area contributed by atoms with Crippen molar-refractivity contribution in [2.24, 2.45) is 0 Å². The molecule has 0 saturated carbocycles. The normalized spacial score (nSPS) is 12.2. The molecule has 3 heteroatoms. The van der Waals surface area contributed by atoms with Gasteiger partial charge in [-0.15, -0.1) is 0 Å². The smallest absolute Gasteiger partial charge is 0.207 e. The lowest BCUT2D eigenvalue weighted by molar-refractivity contribution is -0.122. The summed E-state index contributed by atoms with van der Waals surface area (Å²) in [6.45, 7) is 3.46. The van der Waals surface area contributed by atoms with E-state index < -0.39 is 0 Å². The second kappa shape index (κ2) is 4.97. The SMILES string of the molecule is CCCC(NC=O)C(C)=O. The number of hydrogen-bond acceptors (Lipinski definition) is 2. The second-order valence-corrected chi connectivity index (χ2v) is 2.24. The molecule has 0 fully saturated rings. The molecular weight excluding hydrogens is 130 g/mol. The summed E-state index contributed by atoms with van der Waals surface area (Å²) in [6.07, 6.45) is 2.21. The van der Waals surface area contributed by atoms with E-state index in [1.165, 1.54) is 6.92 Å². The van der Waals surface area contributed by atoms with E-state index >= 15 is 0 Å². The Morgan fingerprint density at radius 2 is 2.30 bits per heavy atom. The van der Waals surface area contributed by atoms with E-state index in [-0.39, 0.29) is 11.8 Å². The predicted octanol–water partition coefficient (Wildman–Crippen LogP) is 0.490. The molecule has 0 rings (SSSR count). The van der Waals surface area contributed by atoms with Gasteiger partial charge in [-0.3, -0.25) is 9.59 Å². The van der Waals surface area contributed by atoms with E-state index in [9.17, 15) is 9.59 Å². The zero-order valence-corrected chi connectivity index (χ0v) is 6.39. The zero-order chi connectivity index (χ0) is 7.98. The fourth-order valence-electron chi connectivity index (χ4n) is 0.775. The highest BCUT2D eigenvalue weighted by Gasteiger charge is 2.09. The Bertz CT molecular complexity index is 123. The second-order valence-electron chi connectivity index (χ2n) is 2.24. The van der Waals surface area contributed by atoms with E-state index in [1.807, 2.05) is 6.92 Å². The molecule has 58 valence electrons. The molecule has 1 amide bonds. The van der Waals surface area contributed by atoms with Crippen LogP contribution in [0, 0.1) is 0 Å². The molecule has 0 aliphatic heterocycles. The molecule has 0 spiro atoms. The molecule has 0 heterocycles. The van der Waals surface area contributed by atoms with Gasteiger partial charge in [0.15, 0.2) is 5.78 Å². The van der Waals surface area contributed by atoms with Crippen LogP contribution in [0.4, 0.5) is 0 Å². The molecule has 1 N–H and O–H groups in total. The monoisotopic (exact) mass is 143 g/mol. The van der Waals surface area contributed by atoms with Crippen molar-refractivity contribution in [1.29, 1.82) is 0 Å². The van der Waals surface area contributed by atoms with Crippen molar-refractivity contribution < 1.29 is 9.59 Å². The minimum atomic E-state index is -0.275. The highest BCUT2D eigenvalue weighted by molar-refractivity contribution is 5.83. The van der Waals surface area contributed by atoms with Crippen LogP contribution in [0.1, 0.15) is 26.7 Å². The number of amides is 1. The fourth-order valence-corrected chi connectivity index (χ4v) is 0.775. The number of Topliss-reactive ketones (excluding diaryl/α,β-unsaturated/α-hetero) is 1. The molecule has 3 nitrogen and oxygen atoms in total. The number of ketones is 1. The van der Waals surface area contributed by atoms with E-state index in [1.54, 1.807) is 0 Å². The summed E-state index contributed by atoms with van der Waals surface area (Å²) in [7, 11) is 0. The summed E-state index contributed by atoms with van der Waals surface area (Å²) >= 11 is 0. The number of carbonyl (C=O) groups is 2. The number of rotatable bonds is 5. The summed E-state index contributed by atoms with van der Waals surface area (Å²) in [5.41, 5.74) is 0. The topological polar surface area (TPSA) is 46.2 Å². The average Bonchev–Trinajstić information content (AvgIpc) is 1.87. The van der Waals surface area contributed by atoms with Crippen molar-refractivity contribution in [1.82, 2.24) is 5.32 Å². The van der Waals surface area contributed by atoms with Gasteiger partial charge < -0.3 is 5.32 Å². The Kier molecular flexibility index (Phi) is 4.54. The van der Waals surface area contributed by atoms with Gasteiger partial charge in [-0.05, 0) is 13.3 Å². The number of carbonyl (C=O) groups excluding carboxylic acids is 2. The number of hydrogen-bond donors (Lipinski definition) is 1. The van der Waals surface area contributed by atoms with Crippen LogP contribution >= 0.6 is 0 Å². The van der Waals surface area contributed by atoms with E-state index in [0.29, 0.717) is 6.41 Å². The van der Waals surface area contributed by atoms with Gasteiger partial charge >= 0.3 is 0 Å². The summed E-state index contributed by atoms with van der Waals surface area (Å²) < 4.78 is 0. The molecule has 1 atom stereocenters. The van der Waals surface area contributed by atoms with Gasteiger partial charge in [-0.2, -0.15) is 0 Å². The minimum Gasteiger partial charge on any atom is -0.349 e. The molecule has 0 aliphatic carbocycles. The van der Waals surface area contributed by atoms with E-state index in [2.05, 4.69) is 5.32 Å². The first kappa shape index (κ1) is 9.14. The van der Waals surface area contributed by atoms with Crippen LogP contribution < -0.4 is 5.32 Å². The first-order valence-corrected chi connectivity index (χ1v) is 3.42. The van der Waals surface area contributed by atoms with Crippen LogP contribution in [0.2, 0.25) is 0 Å². The fraction of sp³-hybridized carbons (Fsp3) is 0.714. The molecular formula is C7H13NO2. The Morgan fingerprint density at radius 3 is 2.60 bits per heavy atom. The molecule has 0 saturated heterocycles. The first-order chi connectivity index (χ1) is 4.72. The number of nitrogens with one attached hydrogen (secondary N) is 1. The zero-order valence-electron chi connectivity index (χ0n) is 6.39. The lowest BCUT2D eigenvalue weighted by Gasteiger charge is -2.09. The van der Waals surface area contributed by atoms with Crippen LogP contribution in [-0.2, 0) is 9.59 Å². The molecule has 0 aromatic rings. The van der Waals surface area contributed by atoms with Crippen LogP contribution in [0.3, 0.4) is 0 Å². The van der Waals surface area contributed by atoms with Crippen molar-refractivity contribution in [3.63, 3.8) is 0 Å². The van der Waals surface area contributed by atoms with E-state index in [0.717, 1.165) is 12.8 Å². The molecule has 10 heavy (non-hydrogen) atoms. The first-order valence-electron chi connectivity index (χ1n) is 3.42. The lowest BCUT2D eigenvalue weighted by atomic mass is 10.1. The summed E-state index contributed by atoms with van der Waals surface area (Å²) in [4.78, 5) is 20.6. The largest absolute Gasteiger partial charge is 0.349 e. The van der Waals surface area contributed by atoms with Gasteiger partial charge in [0.2, 0.25) is 6.41 Å². The predicted molar refractivity (Wildman–Crippen MR) is 38.6 cm³/mol. The molecule has 0 aromatic carbocycles. The highest BCUT2D eigenvalue weighted by Crippen LogP contribution is 1.95. The molecule has 0 radical (unpaired) electrons. The third kappa shape index (κ3) is 3.22.